The summed E-state index contributed by atoms with van der Waals surface area (Å²) in [6.07, 6.45) is 0. The van der Waals surface area contributed by atoms with Gasteiger partial charge in [-0.1, -0.05) is 0 Å². The Kier molecular flexibility index (Phi) is 78.2. The van der Waals surface area contributed by atoms with Gasteiger partial charge in [0.05, 0.1) is 0 Å². The van der Waals surface area contributed by atoms with Crippen LogP contribution in [-0.2, 0) is 101 Å². The second-order valence-electron chi connectivity index (χ2n) is 2.24. The minimum atomic E-state index is -3.83. The molecule has 0 fully saturated rings. The van der Waals surface area contributed by atoms with Crippen molar-refractivity contribution < 1.29 is 331 Å². The van der Waals surface area contributed by atoms with E-state index in [2.05, 4.69) is 55.9 Å². The van der Waals surface area contributed by atoms with Gasteiger partial charge in [-0.05, 0) is 0 Å². The van der Waals surface area contributed by atoms with Gasteiger partial charge in [-0.3, -0.25) is 45.5 Å². The van der Waals surface area contributed by atoms with Crippen LogP contribution in [-0.4, -0.2) is 66.6 Å². The van der Waals surface area contributed by atoms with Crippen LogP contribution >= 0.6 is 0 Å². The predicted molar refractivity (Wildman–Crippen MR) is 109 cm³/mol. The summed E-state index contributed by atoms with van der Waals surface area (Å²) in [5, 5.41) is 0. The van der Waals surface area contributed by atoms with Gasteiger partial charge >= 0.3 is 257 Å². The fourth-order valence-corrected chi connectivity index (χ4v) is 0. The van der Waals surface area contributed by atoms with Crippen LogP contribution in [0.4, 0.5) is 0 Å². The smallest absolute Gasteiger partial charge is 1.00 e. The molecule has 15 nitrogen and oxygen atoms in total. The van der Waals surface area contributed by atoms with Crippen LogP contribution in [0.2, 0.25) is 0 Å². The number of rotatable bonds is 0. The average molecular weight is 771 g/mol. The molecule has 0 saturated heterocycles. The molecule has 0 aromatic rings. The second kappa shape index (κ2) is 34.8. The molecule has 0 aromatic carbocycles. The molecule has 0 spiro atoms. The summed E-state index contributed by atoms with van der Waals surface area (Å²) in [6, 6.07) is 0. The Bertz CT molecular complexity index is 655. The Morgan fingerprint density at radius 3 is 0.333 bits per heavy atom. The molecule has 0 unspecified atom stereocenters. The fourth-order valence-electron chi connectivity index (χ4n) is 0. The van der Waals surface area contributed by atoms with Crippen molar-refractivity contribution in [1.82, 2.24) is 0 Å². The maximum Gasteiger partial charge on any atom is 1.00 e. The Morgan fingerprint density at radius 2 is 0.333 bits per heavy atom. The predicted octanol–water partition coefficient (Wildman–Crippen LogP) is -16.0. The van der Waals surface area contributed by atoms with Gasteiger partial charge < -0.3 is 7.13 Å². The van der Waals surface area contributed by atoms with Gasteiger partial charge in [-0.25, -0.2) is 0 Å². The summed E-state index contributed by atoms with van der Waals surface area (Å²) >= 11 is 17.3. The molecule has 10 N–H and O–H groups in total. The molecule has 0 atom stereocenters. The molecule has 0 aliphatic heterocycles. The summed E-state index contributed by atoms with van der Waals surface area (Å²) in [6.45, 7) is 0. The van der Waals surface area contributed by atoms with Gasteiger partial charge in [0, 0.05) is 55.9 Å². The van der Waals surface area contributed by atoms with Crippen molar-refractivity contribution in [2.75, 3.05) is 0 Å². The van der Waals surface area contributed by atoms with E-state index in [0.29, 0.717) is 0 Å². The number of hydrogen-bond donors (Lipinski definition) is 10. The second-order valence-corrected chi connectivity index (χ2v) is 13.2. The molecule has 0 aliphatic carbocycles. The minimum Gasteiger partial charge on any atom is -1.00 e. The zero-order valence-corrected chi connectivity index (χ0v) is 39.4. The van der Waals surface area contributed by atoms with Crippen LogP contribution in [0.15, 0.2) is 0 Å². The summed E-state index contributed by atoms with van der Waals surface area (Å²) in [4.78, 5) is 0. The Labute approximate surface area is 418 Å². The topological polar surface area (TPSA) is 288 Å². The SMILES string of the molecule is O=S(O)(O)=S.O=S(O)(O)=S.O=S(O)(O)=S.O=S(O)(O)=S.O=S(O)(O)=S.[H-].[H-].[H-].[H-].[H-].[K+].[K+].[K+].[K+].[K+]. The number of hydrogen-bond acceptors (Lipinski definition) is 10. The Morgan fingerprint density at radius 1 is 0.333 bits per heavy atom. The quantitative estimate of drug-likeness (QED) is 0.102. The van der Waals surface area contributed by atoms with Crippen LogP contribution in [0.1, 0.15) is 7.13 Å². The monoisotopic (exact) mass is 770 g/mol. The van der Waals surface area contributed by atoms with E-state index >= 15 is 0 Å². The van der Waals surface area contributed by atoms with Crippen molar-refractivity contribution >= 4 is 101 Å². The molecule has 0 rings (SSSR count). The zero-order valence-electron chi connectivity index (χ0n) is 20.6. The first kappa shape index (κ1) is 67.4. The Balaban J connectivity index is -0.0000000103. The standard InChI is InChI=1S/5K.5H2O3S2.5H/c;;;;;5*1-5(2,3)4;;;;;/h;;;;;5*(H2,1,2,3,4);;;;;/q5*+1;;;;;;5*-1. The first-order chi connectivity index (χ1) is 10.0. The van der Waals surface area contributed by atoms with Crippen molar-refractivity contribution in [3.63, 3.8) is 0 Å². The van der Waals surface area contributed by atoms with E-state index in [1.54, 1.807) is 0 Å². The van der Waals surface area contributed by atoms with Crippen LogP contribution in [0.25, 0.3) is 0 Å². The van der Waals surface area contributed by atoms with E-state index in [9.17, 15) is 0 Å². The molecule has 0 bridgehead atoms. The van der Waals surface area contributed by atoms with Gasteiger partial charge in [0.2, 0.25) is 0 Å². The molecule has 30 heteroatoms. The van der Waals surface area contributed by atoms with Crippen molar-refractivity contribution in [2.45, 2.75) is 0 Å². The van der Waals surface area contributed by atoms with Gasteiger partial charge in [0.15, 0.2) is 0 Å². The largest absolute Gasteiger partial charge is 1.00 e. The van der Waals surface area contributed by atoms with Crippen LogP contribution in [0.5, 0.6) is 0 Å². The molecule has 170 valence electrons. The van der Waals surface area contributed by atoms with Gasteiger partial charge in [0.25, 0.3) is 45.3 Å². The molecular formula is H15K5O15S10. The molecule has 0 aromatic heterocycles. The molecule has 0 heterocycles. The first-order valence-corrected chi connectivity index (χ1v) is 15.5. The van der Waals surface area contributed by atoms with E-state index in [0.717, 1.165) is 0 Å². The minimum absolute atomic E-state index is 0. The van der Waals surface area contributed by atoms with Crippen molar-refractivity contribution in [3.05, 3.63) is 0 Å². The molecule has 0 radical (unpaired) electrons. The summed E-state index contributed by atoms with van der Waals surface area (Å²) in [7, 11) is -19.2. The summed E-state index contributed by atoms with van der Waals surface area (Å²) in [5.74, 6) is 0. The molecule has 0 saturated carbocycles. The normalized spacial score (nSPS) is 9.67. The molecule has 30 heavy (non-hydrogen) atoms. The third-order valence-electron chi connectivity index (χ3n) is 0. The first-order valence-electron chi connectivity index (χ1n) is 3.49. The van der Waals surface area contributed by atoms with Crippen LogP contribution in [0, 0.1) is 0 Å². The molecule has 0 aliphatic rings. The maximum atomic E-state index is 9.11. The third-order valence-corrected chi connectivity index (χ3v) is 0. The van der Waals surface area contributed by atoms with E-state index in [1.807, 2.05) is 0 Å². The van der Waals surface area contributed by atoms with Crippen LogP contribution in [0.3, 0.4) is 0 Å². The van der Waals surface area contributed by atoms with E-state index in [-0.39, 0.29) is 264 Å². The van der Waals surface area contributed by atoms with Gasteiger partial charge in [0.1, 0.15) is 0 Å². The summed E-state index contributed by atoms with van der Waals surface area (Å²) in [5.41, 5.74) is 0. The van der Waals surface area contributed by atoms with E-state index in [4.69, 9.17) is 66.6 Å². The van der Waals surface area contributed by atoms with Crippen molar-refractivity contribution in [1.29, 1.82) is 0 Å². The third kappa shape index (κ3) is 544. The van der Waals surface area contributed by atoms with E-state index < -0.39 is 45.3 Å². The van der Waals surface area contributed by atoms with Crippen LogP contribution < -0.4 is 257 Å². The molecule has 0 amide bonds. The fraction of sp³-hybridized carbons (Fsp3) is 0. The van der Waals surface area contributed by atoms with E-state index in [1.165, 1.54) is 0 Å². The van der Waals surface area contributed by atoms with Gasteiger partial charge in [-0.15, -0.1) is 0 Å². The van der Waals surface area contributed by atoms with Crippen molar-refractivity contribution in [3.8, 4) is 0 Å². The molecular weight excluding hydrogens is 756 g/mol. The van der Waals surface area contributed by atoms with Crippen molar-refractivity contribution in [2.24, 2.45) is 0 Å². The maximum absolute atomic E-state index is 9.11. The summed E-state index contributed by atoms with van der Waals surface area (Å²) < 4.78 is 120. The van der Waals surface area contributed by atoms with Gasteiger partial charge in [-0.2, -0.15) is 21.0 Å². The average Bonchev–Trinajstić information content (AvgIpc) is 1.79. The zero-order chi connectivity index (χ0) is 22.5. The Hall–Kier alpha value is 9.63.